The van der Waals surface area contributed by atoms with E-state index < -0.39 is 29.1 Å². The van der Waals surface area contributed by atoms with Gasteiger partial charge < -0.3 is 21.3 Å². The van der Waals surface area contributed by atoms with E-state index >= 15 is 0 Å². The Morgan fingerprint density at radius 3 is 2.68 bits per heavy atom. The highest BCUT2D eigenvalue weighted by Gasteiger charge is 2.41. The predicted molar refractivity (Wildman–Crippen MR) is 79.1 cm³/mol. The van der Waals surface area contributed by atoms with Gasteiger partial charge in [-0.3, -0.25) is 14.9 Å². The highest BCUT2D eigenvalue weighted by atomic mass is 16.6. The van der Waals surface area contributed by atoms with Crippen LogP contribution >= 0.6 is 0 Å². The largest absolute Gasteiger partial charge is 0.390 e. The molecule has 1 aromatic carbocycles. The maximum absolute atomic E-state index is 11.0. The second kappa shape index (κ2) is 6.71. The standard InChI is InChI=1S/C14H19N3O5/c15-12(18)6-5-8-7-10(14(20)13(8)19)16-9-3-1-2-4-11(9)17(21)22/h1-4,8,10,13-14,16,19-20H,5-7H2,(H2,15,18). The lowest BCUT2D eigenvalue weighted by Gasteiger charge is -2.19. The summed E-state index contributed by atoms with van der Waals surface area (Å²) in [6.45, 7) is 0. The van der Waals surface area contributed by atoms with Crippen molar-refractivity contribution in [1.82, 2.24) is 0 Å². The summed E-state index contributed by atoms with van der Waals surface area (Å²) in [4.78, 5) is 21.3. The van der Waals surface area contributed by atoms with Gasteiger partial charge in [-0.05, 0) is 24.8 Å². The number of nitro benzene ring substituents is 1. The molecule has 1 aliphatic carbocycles. The van der Waals surface area contributed by atoms with E-state index in [4.69, 9.17) is 5.73 Å². The van der Waals surface area contributed by atoms with Crippen LogP contribution in [0.1, 0.15) is 19.3 Å². The molecule has 0 heterocycles. The molecule has 1 aliphatic rings. The van der Waals surface area contributed by atoms with Crippen molar-refractivity contribution in [3.8, 4) is 0 Å². The van der Waals surface area contributed by atoms with Gasteiger partial charge in [-0.25, -0.2) is 0 Å². The second-order valence-electron chi connectivity index (χ2n) is 5.51. The van der Waals surface area contributed by atoms with E-state index in [9.17, 15) is 25.1 Å². The molecule has 0 aliphatic heterocycles. The number of aliphatic hydroxyl groups is 2. The summed E-state index contributed by atoms with van der Waals surface area (Å²) in [5.41, 5.74) is 5.29. The van der Waals surface area contributed by atoms with E-state index in [1.54, 1.807) is 18.2 Å². The van der Waals surface area contributed by atoms with E-state index in [2.05, 4.69) is 5.32 Å². The third kappa shape index (κ3) is 3.52. The summed E-state index contributed by atoms with van der Waals surface area (Å²) in [6, 6.07) is 5.60. The maximum Gasteiger partial charge on any atom is 0.292 e. The first kappa shape index (κ1) is 16.2. The average molecular weight is 309 g/mol. The first-order valence-electron chi connectivity index (χ1n) is 7.04. The smallest absolute Gasteiger partial charge is 0.292 e. The SMILES string of the molecule is NC(=O)CCC1CC(Nc2ccccc2[N+](=O)[O-])C(O)C1O. The highest BCUT2D eigenvalue weighted by Crippen LogP contribution is 2.34. The van der Waals surface area contributed by atoms with Gasteiger partial charge in [-0.1, -0.05) is 12.1 Å². The summed E-state index contributed by atoms with van der Waals surface area (Å²) in [6.07, 6.45) is -1.13. The quantitative estimate of drug-likeness (QED) is 0.442. The molecule has 120 valence electrons. The predicted octanol–water partition coefficient (Wildman–Crippen LogP) is 0.382. The molecule has 5 N–H and O–H groups in total. The zero-order chi connectivity index (χ0) is 16.3. The van der Waals surface area contributed by atoms with Gasteiger partial charge in [-0.2, -0.15) is 0 Å². The minimum Gasteiger partial charge on any atom is -0.390 e. The van der Waals surface area contributed by atoms with E-state index in [1.165, 1.54) is 6.07 Å². The number of para-hydroxylation sites is 2. The van der Waals surface area contributed by atoms with Gasteiger partial charge in [0.25, 0.3) is 5.69 Å². The molecule has 22 heavy (non-hydrogen) atoms. The molecular formula is C14H19N3O5. The van der Waals surface area contributed by atoms with Crippen molar-refractivity contribution in [1.29, 1.82) is 0 Å². The van der Waals surface area contributed by atoms with Crippen LogP contribution in [0.3, 0.4) is 0 Å². The lowest BCUT2D eigenvalue weighted by atomic mass is 9.99. The number of carbonyl (C=O) groups is 1. The van der Waals surface area contributed by atoms with Crippen LogP contribution in [0, 0.1) is 16.0 Å². The number of hydrogen-bond donors (Lipinski definition) is 4. The number of hydrogen-bond acceptors (Lipinski definition) is 6. The number of benzene rings is 1. The Morgan fingerprint density at radius 1 is 1.36 bits per heavy atom. The van der Waals surface area contributed by atoms with E-state index in [0.29, 0.717) is 18.5 Å². The molecule has 4 atom stereocenters. The topological polar surface area (TPSA) is 139 Å². The van der Waals surface area contributed by atoms with Crippen LogP contribution in [0.25, 0.3) is 0 Å². The van der Waals surface area contributed by atoms with Crippen molar-refractivity contribution in [3.63, 3.8) is 0 Å². The lowest BCUT2D eigenvalue weighted by molar-refractivity contribution is -0.384. The van der Waals surface area contributed by atoms with Crippen molar-refractivity contribution in [3.05, 3.63) is 34.4 Å². The van der Waals surface area contributed by atoms with Crippen molar-refractivity contribution in [2.45, 2.75) is 37.5 Å². The van der Waals surface area contributed by atoms with Gasteiger partial charge in [-0.15, -0.1) is 0 Å². The number of aliphatic hydroxyl groups excluding tert-OH is 2. The third-order valence-electron chi connectivity index (χ3n) is 4.01. The normalized spacial score (nSPS) is 27.5. The van der Waals surface area contributed by atoms with Crippen molar-refractivity contribution < 1.29 is 19.9 Å². The summed E-state index contributed by atoms with van der Waals surface area (Å²) >= 11 is 0. The third-order valence-corrected chi connectivity index (χ3v) is 4.01. The fraction of sp³-hybridized carbons (Fsp3) is 0.500. The maximum atomic E-state index is 11.0. The number of anilines is 1. The summed E-state index contributed by atoms with van der Waals surface area (Å²) < 4.78 is 0. The monoisotopic (exact) mass is 309 g/mol. The molecule has 8 nitrogen and oxygen atoms in total. The van der Waals surface area contributed by atoms with Crippen LogP contribution in [-0.2, 0) is 4.79 Å². The first-order chi connectivity index (χ1) is 10.4. The summed E-state index contributed by atoms with van der Waals surface area (Å²) in [5.74, 6) is -0.737. The molecule has 2 rings (SSSR count). The number of carbonyl (C=O) groups excluding carboxylic acids is 1. The number of nitrogens with two attached hydrogens (primary N) is 1. The Kier molecular flexibility index (Phi) is 4.94. The van der Waals surface area contributed by atoms with Crippen LogP contribution in [-0.4, -0.2) is 39.3 Å². The Balaban J connectivity index is 2.07. The molecule has 0 saturated heterocycles. The molecule has 8 heteroatoms. The molecule has 1 aromatic rings. The average Bonchev–Trinajstić information content (AvgIpc) is 2.73. The number of primary amides is 1. The van der Waals surface area contributed by atoms with Crippen molar-refractivity contribution in [2.75, 3.05) is 5.32 Å². The number of amides is 1. The Labute approximate surface area is 127 Å². The van der Waals surface area contributed by atoms with Gasteiger partial charge in [0.1, 0.15) is 11.8 Å². The molecule has 1 amide bonds. The van der Waals surface area contributed by atoms with Gasteiger partial charge in [0.2, 0.25) is 5.91 Å². The Hall–Kier alpha value is -2.19. The van der Waals surface area contributed by atoms with Crippen LogP contribution in [0.2, 0.25) is 0 Å². The number of nitro groups is 1. The second-order valence-corrected chi connectivity index (χ2v) is 5.51. The summed E-state index contributed by atoms with van der Waals surface area (Å²) in [7, 11) is 0. The molecule has 4 unspecified atom stereocenters. The number of nitrogens with zero attached hydrogens (tertiary/aromatic N) is 1. The van der Waals surface area contributed by atoms with Crippen molar-refractivity contribution >= 4 is 17.3 Å². The van der Waals surface area contributed by atoms with E-state index in [1.807, 2.05) is 0 Å². The van der Waals surface area contributed by atoms with Gasteiger partial charge in [0.05, 0.1) is 17.1 Å². The molecule has 0 spiro atoms. The van der Waals surface area contributed by atoms with Gasteiger partial charge in [0.15, 0.2) is 0 Å². The number of nitrogens with one attached hydrogen (secondary N) is 1. The van der Waals surface area contributed by atoms with Crippen LogP contribution in [0.5, 0.6) is 0 Å². The van der Waals surface area contributed by atoms with Gasteiger partial charge in [0, 0.05) is 12.5 Å². The fourth-order valence-electron chi connectivity index (χ4n) is 2.84. The number of rotatable bonds is 6. The minimum absolute atomic E-state index is 0.0928. The zero-order valence-corrected chi connectivity index (χ0v) is 11.9. The minimum atomic E-state index is -1.06. The lowest BCUT2D eigenvalue weighted by Crippen LogP contribution is -2.35. The zero-order valence-electron chi connectivity index (χ0n) is 11.9. The fourth-order valence-corrected chi connectivity index (χ4v) is 2.84. The molecule has 0 radical (unpaired) electrons. The van der Waals surface area contributed by atoms with Crippen molar-refractivity contribution in [2.24, 2.45) is 11.7 Å². The Morgan fingerprint density at radius 2 is 2.05 bits per heavy atom. The van der Waals surface area contributed by atoms with Crippen LogP contribution in [0.4, 0.5) is 11.4 Å². The molecule has 0 bridgehead atoms. The van der Waals surface area contributed by atoms with E-state index in [-0.39, 0.29) is 18.0 Å². The molecular weight excluding hydrogens is 290 g/mol. The first-order valence-corrected chi connectivity index (χ1v) is 7.04. The highest BCUT2D eigenvalue weighted by molar-refractivity contribution is 5.73. The van der Waals surface area contributed by atoms with Gasteiger partial charge >= 0.3 is 0 Å². The summed E-state index contributed by atoms with van der Waals surface area (Å²) in [5, 5.41) is 34.0. The van der Waals surface area contributed by atoms with Crippen LogP contribution in [0.15, 0.2) is 24.3 Å². The molecule has 0 aromatic heterocycles. The van der Waals surface area contributed by atoms with Crippen LogP contribution < -0.4 is 11.1 Å². The Bertz CT molecular complexity index is 565. The van der Waals surface area contributed by atoms with E-state index in [0.717, 1.165) is 0 Å². The molecule has 1 fully saturated rings. The molecule has 1 saturated carbocycles.